The van der Waals surface area contributed by atoms with Gasteiger partial charge in [-0.25, -0.2) is 0 Å². The van der Waals surface area contributed by atoms with E-state index in [1.165, 1.54) is 6.07 Å². The molecule has 0 unspecified atom stereocenters. The minimum atomic E-state index is -3.95. The van der Waals surface area contributed by atoms with Crippen molar-refractivity contribution in [2.75, 3.05) is 0 Å². The molecule has 3 aromatic carbocycles. The monoisotopic (exact) mass is 346 g/mol. The fourth-order valence-corrected chi connectivity index (χ4v) is 3.93. The zero-order valence-corrected chi connectivity index (χ0v) is 14.3. The molecule has 0 aliphatic heterocycles. The Hall–Kier alpha value is -2.04. The van der Waals surface area contributed by atoms with E-state index in [1.54, 1.807) is 30.3 Å². The third-order valence-electron chi connectivity index (χ3n) is 3.63. The molecular weight excluding hydrogens is 332 g/mol. The molecule has 0 heterocycles. The lowest BCUT2D eigenvalue weighted by molar-refractivity contribution is 0.485. The second kappa shape index (κ2) is 5.87. The van der Waals surface area contributed by atoms with Crippen LogP contribution in [0.2, 0.25) is 5.02 Å². The van der Waals surface area contributed by atoms with E-state index >= 15 is 0 Å². The summed E-state index contributed by atoms with van der Waals surface area (Å²) in [5, 5.41) is 1.73. The first-order valence-corrected chi connectivity index (χ1v) is 8.86. The van der Waals surface area contributed by atoms with Crippen LogP contribution in [0.3, 0.4) is 0 Å². The summed E-state index contributed by atoms with van der Waals surface area (Å²) in [6.45, 7) is 3.76. The molecule has 0 saturated carbocycles. The minimum absolute atomic E-state index is 0.109. The number of hydrogen-bond donors (Lipinski definition) is 0. The Morgan fingerprint density at radius 1 is 0.913 bits per heavy atom. The van der Waals surface area contributed by atoms with Crippen LogP contribution >= 0.6 is 11.6 Å². The average molecular weight is 347 g/mol. The SMILES string of the molecule is Cc1ccc(OS(=O)(=O)c2ccc(Cl)c3ccccc23)c(C)c1. The van der Waals surface area contributed by atoms with E-state index in [1.807, 2.05) is 32.0 Å². The quantitative estimate of drug-likeness (QED) is 0.635. The molecule has 0 aliphatic carbocycles. The molecule has 3 rings (SSSR count). The highest BCUT2D eigenvalue weighted by atomic mass is 35.5. The van der Waals surface area contributed by atoms with E-state index in [0.717, 1.165) is 11.1 Å². The van der Waals surface area contributed by atoms with Crippen molar-refractivity contribution in [3.8, 4) is 5.75 Å². The minimum Gasteiger partial charge on any atom is -0.379 e. The molecule has 0 aliphatic rings. The van der Waals surface area contributed by atoms with Gasteiger partial charge in [0.25, 0.3) is 0 Å². The highest BCUT2D eigenvalue weighted by Crippen LogP contribution is 2.31. The molecule has 0 amide bonds. The molecule has 0 aromatic heterocycles. The molecule has 0 bridgehead atoms. The molecular formula is C18H15ClO3S. The van der Waals surface area contributed by atoms with Crippen LogP contribution in [0.1, 0.15) is 11.1 Å². The summed E-state index contributed by atoms with van der Waals surface area (Å²) >= 11 is 6.15. The predicted octanol–water partition coefficient (Wildman–Crippen LogP) is 4.88. The van der Waals surface area contributed by atoms with Crippen molar-refractivity contribution >= 4 is 32.5 Å². The second-order valence-corrected chi connectivity index (χ2v) is 7.32. The topological polar surface area (TPSA) is 43.4 Å². The second-order valence-electron chi connectivity index (χ2n) is 5.40. The van der Waals surface area contributed by atoms with Gasteiger partial charge in [-0.15, -0.1) is 0 Å². The molecule has 0 atom stereocenters. The van der Waals surface area contributed by atoms with Crippen LogP contribution in [0.15, 0.2) is 59.5 Å². The molecule has 118 valence electrons. The van der Waals surface area contributed by atoms with Crippen molar-refractivity contribution in [3.63, 3.8) is 0 Å². The number of aryl methyl sites for hydroxylation is 2. The lowest BCUT2D eigenvalue weighted by Crippen LogP contribution is -2.11. The number of rotatable bonds is 3. The van der Waals surface area contributed by atoms with E-state index in [-0.39, 0.29) is 4.90 Å². The normalized spacial score (nSPS) is 11.6. The van der Waals surface area contributed by atoms with Gasteiger partial charge in [-0.3, -0.25) is 0 Å². The molecule has 0 N–H and O–H groups in total. The summed E-state index contributed by atoms with van der Waals surface area (Å²) in [6.07, 6.45) is 0. The average Bonchev–Trinajstić information content (AvgIpc) is 2.50. The fourth-order valence-electron chi connectivity index (χ4n) is 2.51. The van der Waals surface area contributed by atoms with Crippen molar-refractivity contribution < 1.29 is 12.6 Å². The molecule has 0 spiro atoms. The van der Waals surface area contributed by atoms with Gasteiger partial charge >= 0.3 is 10.1 Å². The number of fused-ring (bicyclic) bond motifs is 1. The Bertz CT molecular complexity index is 994. The third kappa shape index (κ3) is 3.05. The first kappa shape index (κ1) is 15.8. The highest BCUT2D eigenvalue weighted by Gasteiger charge is 2.21. The molecule has 23 heavy (non-hydrogen) atoms. The summed E-state index contributed by atoms with van der Waals surface area (Å²) in [5.41, 5.74) is 1.82. The van der Waals surface area contributed by atoms with Gasteiger partial charge in [0.1, 0.15) is 10.6 Å². The number of hydrogen-bond acceptors (Lipinski definition) is 3. The summed E-state index contributed by atoms with van der Waals surface area (Å²) < 4.78 is 30.7. The molecule has 0 saturated heterocycles. The zero-order chi connectivity index (χ0) is 16.6. The molecule has 0 radical (unpaired) electrons. The first-order chi connectivity index (χ1) is 10.9. The van der Waals surface area contributed by atoms with Crippen LogP contribution in [-0.4, -0.2) is 8.42 Å². The molecule has 3 nitrogen and oxygen atoms in total. The summed E-state index contributed by atoms with van der Waals surface area (Å²) in [6, 6.07) is 15.5. The van der Waals surface area contributed by atoms with E-state index < -0.39 is 10.1 Å². The van der Waals surface area contributed by atoms with Crippen molar-refractivity contribution in [2.24, 2.45) is 0 Å². The Balaban J connectivity index is 2.12. The van der Waals surface area contributed by atoms with Gasteiger partial charge in [0, 0.05) is 15.8 Å². The van der Waals surface area contributed by atoms with Gasteiger partial charge in [0.2, 0.25) is 0 Å². The zero-order valence-electron chi connectivity index (χ0n) is 12.7. The Morgan fingerprint density at radius 2 is 1.61 bits per heavy atom. The number of benzene rings is 3. The van der Waals surface area contributed by atoms with Gasteiger partial charge in [-0.05, 0) is 37.6 Å². The molecule has 3 aromatic rings. The maximum absolute atomic E-state index is 12.7. The Labute approximate surface area is 140 Å². The lowest BCUT2D eigenvalue weighted by Gasteiger charge is -2.12. The van der Waals surface area contributed by atoms with Crippen LogP contribution in [0.25, 0.3) is 10.8 Å². The largest absolute Gasteiger partial charge is 0.379 e. The van der Waals surface area contributed by atoms with E-state index in [2.05, 4.69) is 0 Å². The smallest absolute Gasteiger partial charge is 0.339 e. The van der Waals surface area contributed by atoms with Crippen molar-refractivity contribution in [3.05, 3.63) is 70.7 Å². The van der Waals surface area contributed by atoms with E-state index in [0.29, 0.717) is 21.5 Å². The van der Waals surface area contributed by atoms with Crippen molar-refractivity contribution in [2.45, 2.75) is 18.7 Å². The van der Waals surface area contributed by atoms with E-state index in [4.69, 9.17) is 15.8 Å². The van der Waals surface area contributed by atoms with Crippen molar-refractivity contribution in [1.29, 1.82) is 0 Å². The van der Waals surface area contributed by atoms with Gasteiger partial charge in [0.15, 0.2) is 0 Å². The summed E-state index contributed by atoms with van der Waals surface area (Å²) in [5.74, 6) is 0.328. The Kier molecular flexibility index (Phi) is 4.04. The van der Waals surface area contributed by atoms with Crippen LogP contribution in [0.4, 0.5) is 0 Å². The first-order valence-electron chi connectivity index (χ1n) is 7.07. The van der Waals surface area contributed by atoms with Gasteiger partial charge in [0.05, 0.1) is 0 Å². The Morgan fingerprint density at radius 3 is 2.30 bits per heavy atom. The van der Waals surface area contributed by atoms with E-state index in [9.17, 15) is 8.42 Å². The van der Waals surface area contributed by atoms with Crippen LogP contribution in [0.5, 0.6) is 5.75 Å². The van der Waals surface area contributed by atoms with Gasteiger partial charge in [-0.1, -0.05) is 53.6 Å². The van der Waals surface area contributed by atoms with Crippen LogP contribution in [-0.2, 0) is 10.1 Å². The summed E-state index contributed by atoms with van der Waals surface area (Å²) in [4.78, 5) is 0.109. The van der Waals surface area contributed by atoms with Crippen molar-refractivity contribution in [1.82, 2.24) is 0 Å². The maximum atomic E-state index is 12.7. The highest BCUT2D eigenvalue weighted by molar-refractivity contribution is 7.87. The van der Waals surface area contributed by atoms with Gasteiger partial charge < -0.3 is 4.18 Å². The standard InChI is InChI=1S/C18H15ClO3S/c1-12-7-9-17(13(2)11-12)22-23(20,21)18-10-8-16(19)14-5-3-4-6-15(14)18/h3-11H,1-2H3. The lowest BCUT2D eigenvalue weighted by atomic mass is 10.1. The van der Waals surface area contributed by atoms with Gasteiger partial charge in [-0.2, -0.15) is 8.42 Å². The third-order valence-corrected chi connectivity index (χ3v) is 5.25. The molecule has 5 heteroatoms. The predicted molar refractivity (Wildman–Crippen MR) is 92.7 cm³/mol. The fraction of sp³-hybridized carbons (Fsp3) is 0.111. The number of halogens is 1. The van der Waals surface area contributed by atoms with Crippen LogP contribution in [0, 0.1) is 13.8 Å². The molecule has 0 fully saturated rings. The summed E-state index contributed by atoms with van der Waals surface area (Å²) in [7, 11) is -3.95. The maximum Gasteiger partial charge on any atom is 0.339 e. The van der Waals surface area contributed by atoms with Crippen LogP contribution < -0.4 is 4.18 Å².